The smallest absolute Gasteiger partial charge is 0.141 e. The van der Waals surface area contributed by atoms with Crippen LogP contribution < -0.4 is 5.32 Å². The van der Waals surface area contributed by atoms with Gasteiger partial charge in [-0.25, -0.2) is 4.39 Å². The van der Waals surface area contributed by atoms with E-state index < -0.39 is 0 Å². The first kappa shape index (κ1) is 9.59. The molecule has 1 aliphatic rings. The molecule has 0 saturated heterocycles. The molecular weight excluding hydrogens is 179 g/mol. The standard InChI is InChI=1S/C11H15FN2/c12-10-6-9(7-13-8-10)2-1-5-14-11-3-4-11/h6-8,11,14H,1-5H2. The number of pyridine rings is 1. The second-order valence-electron chi connectivity index (χ2n) is 3.84. The van der Waals surface area contributed by atoms with Crippen molar-refractivity contribution in [3.05, 3.63) is 29.8 Å². The van der Waals surface area contributed by atoms with Gasteiger partial charge in [0.05, 0.1) is 6.20 Å². The van der Waals surface area contributed by atoms with Crippen LogP contribution in [0.15, 0.2) is 18.5 Å². The van der Waals surface area contributed by atoms with E-state index in [0.29, 0.717) is 0 Å². The zero-order valence-corrected chi connectivity index (χ0v) is 8.17. The Hall–Kier alpha value is -0.960. The molecule has 0 aromatic carbocycles. The first-order valence-electron chi connectivity index (χ1n) is 5.17. The van der Waals surface area contributed by atoms with Crippen molar-refractivity contribution in [1.82, 2.24) is 10.3 Å². The second-order valence-corrected chi connectivity index (χ2v) is 3.84. The zero-order valence-electron chi connectivity index (χ0n) is 8.17. The number of hydrogen-bond donors (Lipinski definition) is 1. The van der Waals surface area contributed by atoms with Crippen molar-refractivity contribution >= 4 is 0 Å². The maximum absolute atomic E-state index is 12.7. The van der Waals surface area contributed by atoms with Crippen LogP contribution in [-0.4, -0.2) is 17.6 Å². The molecule has 76 valence electrons. The minimum Gasteiger partial charge on any atom is -0.314 e. The highest BCUT2D eigenvalue weighted by Crippen LogP contribution is 2.18. The minimum atomic E-state index is -0.238. The van der Waals surface area contributed by atoms with Crippen molar-refractivity contribution in [3.8, 4) is 0 Å². The summed E-state index contributed by atoms with van der Waals surface area (Å²) in [6.45, 7) is 1.03. The highest BCUT2D eigenvalue weighted by atomic mass is 19.1. The molecule has 0 bridgehead atoms. The van der Waals surface area contributed by atoms with Crippen molar-refractivity contribution in [2.45, 2.75) is 31.7 Å². The zero-order chi connectivity index (χ0) is 9.80. The topological polar surface area (TPSA) is 24.9 Å². The largest absolute Gasteiger partial charge is 0.314 e. The number of hydrogen-bond acceptors (Lipinski definition) is 2. The molecule has 1 aromatic heterocycles. The number of aromatic nitrogens is 1. The summed E-state index contributed by atoms with van der Waals surface area (Å²) in [7, 11) is 0. The van der Waals surface area contributed by atoms with E-state index in [4.69, 9.17) is 0 Å². The van der Waals surface area contributed by atoms with Gasteiger partial charge in [0.2, 0.25) is 0 Å². The van der Waals surface area contributed by atoms with E-state index in [2.05, 4.69) is 10.3 Å². The van der Waals surface area contributed by atoms with E-state index in [-0.39, 0.29) is 5.82 Å². The molecule has 1 aliphatic carbocycles. The van der Waals surface area contributed by atoms with E-state index in [1.165, 1.54) is 19.0 Å². The SMILES string of the molecule is Fc1cncc(CCCNC2CC2)c1. The van der Waals surface area contributed by atoms with Gasteiger partial charge < -0.3 is 5.32 Å². The van der Waals surface area contributed by atoms with Crippen molar-refractivity contribution in [1.29, 1.82) is 0 Å². The summed E-state index contributed by atoms with van der Waals surface area (Å²) in [5.74, 6) is -0.238. The monoisotopic (exact) mass is 194 g/mol. The van der Waals surface area contributed by atoms with Crippen LogP contribution >= 0.6 is 0 Å². The van der Waals surface area contributed by atoms with Crippen LogP contribution in [0.4, 0.5) is 4.39 Å². The van der Waals surface area contributed by atoms with E-state index >= 15 is 0 Å². The van der Waals surface area contributed by atoms with Crippen molar-refractivity contribution in [3.63, 3.8) is 0 Å². The molecule has 1 saturated carbocycles. The molecule has 1 heterocycles. The minimum absolute atomic E-state index is 0.238. The normalized spacial score (nSPS) is 15.8. The van der Waals surface area contributed by atoms with Crippen LogP contribution in [0.5, 0.6) is 0 Å². The van der Waals surface area contributed by atoms with Crippen LogP contribution in [0.3, 0.4) is 0 Å². The van der Waals surface area contributed by atoms with Crippen molar-refractivity contribution in [2.24, 2.45) is 0 Å². The summed E-state index contributed by atoms with van der Waals surface area (Å²) < 4.78 is 12.7. The summed E-state index contributed by atoms with van der Waals surface area (Å²) in [5, 5.41) is 3.43. The van der Waals surface area contributed by atoms with E-state index in [1.54, 1.807) is 12.3 Å². The third-order valence-corrected chi connectivity index (χ3v) is 2.41. The molecule has 0 radical (unpaired) electrons. The molecule has 2 nitrogen and oxygen atoms in total. The Morgan fingerprint density at radius 3 is 3.00 bits per heavy atom. The van der Waals surface area contributed by atoms with Gasteiger partial charge in [-0.3, -0.25) is 4.98 Å². The van der Waals surface area contributed by atoms with E-state index in [1.807, 2.05) is 0 Å². The number of rotatable bonds is 5. The highest BCUT2D eigenvalue weighted by Gasteiger charge is 2.19. The Bertz CT molecular complexity index is 297. The molecular formula is C11H15FN2. The van der Waals surface area contributed by atoms with Crippen LogP contribution in [0.25, 0.3) is 0 Å². The summed E-state index contributed by atoms with van der Waals surface area (Å²) >= 11 is 0. The quantitative estimate of drug-likeness (QED) is 0.724. The summed E-state index contributed by atoms with van der Waals surface area (Å²) in [4.78, 5) is 3.81. The summed E-state index contributed by atoms with van der Waals surface area (Å²) in [6.07, 6.45) is 7.58. The van der Waals surface area contributed by atoms with Gasteiger partial charge in [0.25, 0.3) is 0 Å². The molecule has 3 heteroatoms. The molecule has 0 aliphatic heterocycles. The average molecular weight is 194 g/mol. The average Bonchev–Trinajstić information content (AvgIpc) is 2.96. The predicted molar refractivity (Wildman–Crippen MR) is 53.5 cm³/mol. The van der Waals surface area contributed by atoms with Gasteiger partial charge in [-0.05, 0) is 43.9 Å². The predicted octanol–water partition coefficient (Wildman–Crippen LogP) is 1.91. The van der Waals surface area contributed by atoms with Gasteiger partial charge in [-0.1, -0.05) is 0 Å². The molecule has 1 N–H and O–H groups in total. The van der Waals surface area contributed by atoms with Gasteiger partial charge >= 0.3 is 0 Å². The molecule has 0 spiro atoms. The fourth-order valence-corrected chi connectivity index (χ4v) is 1.48. The Morgan fingerprint density at radius 1 is 1.43 bits per heavy atom. The first-order chi connectivity index (χ1) is 6.84. The lowest BCUT2D eigenvalue weighted by Crippen LogP contribution is -2.17. The molecule has 1 fully saturated rings. The lowest BCUT2D eigenvalue weighted by molar-refractivity contribution is 0.612. The molecule has 0 unspecified atom stereocenters. The van der Waals surface area contributed by atoms with E-state index in [9.17, 15) is 4.39 Å². The Kier molecular flexibility index (Phi) is 3.09. The fourth-order valence-electron chi connectivity index (χ4n) is 1.48. The number of halogens is 1. The third-order valence-electron chi connectivity index (χ3n) is 2.41. The van der Waals surface area contributed by atoms with Crippen LogP contribution in [-0.2, 0) is 6.42 Å². The van der Waals surface area contributed by atoms with Crippen LogP contribution in [0, 0.1) is 5.82 Å². The first-order valence-corrected chi connectivity index (χ1v) is 5.17. The van der Waals surface area contributed by atoms with Crippen molar-refractivity contribution in [2.75, 3.05) is 6.54 Å². The molecule has 0 atom stereocenters. The molecule has 1 aromatic rings. The summed E-state index contributed by atoms with van der Waals surface area (Å²) in [6, 6.07) is 2.32. The third kappa shape index (κ3) is 3.07. The number of aryl methyl sites for hydroxylation is 1. The van der Waals surface area contributed by atoms with Crippen LogP contribution in [0.2, 0.25) is 0 Å². The molecule has 0 amide bonds. The Balaban J connectivity index is 1.68. The second kappa shape index (κ2) is 4.51. The number of nitrogens with one attached hydrogen (secondary N) is 1. The summed E-state index contributed by atoms with van der Waals surface area (Å²) in [5.41, 5.74) is 0.989. The van der Waals surface area contributed by atoms with Gasteiger partial charge in [0.15, 0.2) is 0 Å². The van der Waals surface area contributed by atoms with Gasteiger partial charge in [0, 0.05) is 12.2 Å². The lowest BCUT2D eigenvalue weighted by atomic mass is 10.1. The lowest BCUT2D eigenvalue weighted by Gasteiger charge is -2.02. The maximum Gasteiger partial charge on any atom is 0.141 e. The highest BCUT2D eigenvalue weighted by molar-refractivity contribution is 5.10. The molecule has 2 rings (SSSR count). The Labute approximate surface area is 83.6 Å². The van der Waals surface area contributed by atoms with Gasteiger partial charge in [-0.15, -0.1) is 0 Å². The van der Waals surface area contributed by atoms with Crippen molar-refractivity contribution < 1.29 is 4.39 Å². The Morgan fingerprint density at radius 2 is 2.29 bits per heavy atom. The van der Waals surface area contributed by atoms with E-state index in [0.717, 1.165) is 31.0 Å². The maximum atomic E-state index is 12.7. The van der Waals surface area contributed by atoms with Gasteiger partial charge in [0.1, 0.15) is 5.82 Å². The number of nitrogens with zero attached hydrogens (tertiary/aromatic N) is 1. The molecule has 14 heavy (non-hydrogen) atoms. The van der Waals surface area contributed by atoms with Gasteiger partial charge in [-0.2, -0.15) is 0 Å². The van der Waals surface area contributed by atoms with Crippen LogP contribution in [0.1, 0.15) is 24.8 Å². The fraction of sp³-hybridized carbons (Fsp3) is 0.545.